The summed E-state index contributed by atoms with van der Waals surface area (Å²) in [4.78, 5) is 11.8. The van der Waals surface area contributed by atoms with Crippen LogP contribution in [0.25, 0.3) is 11.5 Å². The zero-order valence-corrected chi connectivity index (χ0v) is 13.1. The number of hydrogen-bond acceptors (Lipinski definition) is 7. The largest absolute Gasteiger partial charge is 0.427 e. The van der Waals surface area contributed by atoms with E-state index in [0.717, 1.165) is 10.4 Å². The highest BCUT2D eigenvalue weighted by atomic mass is 35.5. The molecular formula is C13H11Cl2N7O. The van der Waals surface area contributed by atoms with E-state index in [4.69, 9.17) is 34.3 Å². The second-order valence-electron chi connectivity index (χ2n) is 4.66. The molecule has 0 bridgehead atoms. The van der Waals surface area contributed by atoms with Crippen LogP contribution in [0.15, 0.2) is 24.4 Å². The fraction of sp³-hybridized carbons (Fsp3) is 0.0769. The number of aromatic nitrogens is 4. The fourth-order valence-corrected chi connectivity index (χ4v) is 2.28. The lowest BCUT2D eigenvalue weighted by Gasteiger charge is -2.13. The van der Waals surface area contributed by atoms with Crippen LogP contribution < -0.4 is 16.7 Å². The number of halogens is 2. The Hall–Kier alpha value is -2.58. The average molecular weight is 352 g/mol. The highest BCUT2D eigenvalue weighted by Gasteiger charge is 2.16. The van der Waals surface area contributed by atoms with Crippen LogP contribution in [0.4, 0.5) is 11.5 Å². The SMILES string of the molecule is N=c1nc(N)c2nc(CNc3ccc(Cl)c(Cl)c3)cn(O)c-2n1. The molecule has 5 N–H and O–H groups in total. The number of rotatable bonds is 3. The first-order chi connectivity index (χ1) is 10.9. The van der Waals surface area contributed by atoms with Crippen molar-refractivity contribution in [1.29, 1.82) is 5.41 Å². The predicted octanol–water partition coefficient (Wildman–Crippen LogP) is 2.00. The molecular weight excluding hydrogens is 341 g/mol. The van der Waals surface area contributed by atoms with Crippen LogP contribution in [0.1, 0.15) is 5.69 Å². The molecule has 23 heavy (non-hydrogen) atoms. The van der Waals surface area contributed by atoms with Gasteiger partial charge in [0.05, 0.1) is 28.5 Å². The van der Waals surface area contributed by atoms with Gasteiger partial charge in [0.15, 0.2) is 11.5 Å². The zero-order valence-electron chi connectivity index (χ0n) is 11.6. The van der Waals surface area contributed by atoms with Gasteiger partial charge >= 0.3 is 0 Å². The molecule has 0 saturated heterocycles. The van der Waals surface area contributed by atoms with Gasteiger partial charge in [-0.1, -0.05) is 23.2 Å². The maximum Gasteiger partial charge on any atom is 0.246 e. The molecule has 0 saturated carbocycles. The van der Waals surface area contributed by atoms with E-state index in [0.29, 0.717) is 22.3 Å². The van der Waals surface area contributed by atoms with Gasteiger partial charge in [-0.25, -0.2) is 4.98 Å². The molecule has 0 atom stereocenters. The second-order valence-corrected chi connectivity index (χ2v) is 5.48. The van der Waals surface area contributed by atoms with Gasteiger partial charge in [-0.05, 0) is 18.2 Å². The Morgan fingerprint density at radius 1 is 1.22 bits per heavy atom. The van der Waals surface area contributed by atoms with E-state index in [9.17, 15) is 5.21 Å². The van der Waals surface area contributed by atoms with E-state index in [1.54, 1.807) is 18.2 Å². The summed E-state index contributed by atoms with van der Waals surface area (Å²) in [6.07, 6.45) is 1.37. The molecule has 8 nitrogen and oxygen atoms in total. The van der Waals surface area contributed by atoms with Crippen LogP contribution in [0.3, 0.4) is 0 Å². The molecule has 0 amide bonds. The van der Waals surface area contributed by atoms with Crippen LogP contribution in [-0.4, -0.2) is 24.9 Å². The molecule has 2 aliphatic heterocycles. The third-order valence-corrected chi connectivity index (χ3v) is 3.77. The lowest BCUT2D eigenvalue weighted by Crippen LogP contribution is -2.21. The molecule has 0 aromatic heterocycles. The predicted molar refractivity (Wildman–Crippen MR) is 85.7 cm³/mol. The summed E-state index contributed by atoms with van der Waals surface area (Å²) in [5.41, 5.74) is 6.90. The van der Waals surface area contributed by atoms with E-state index in [1.165, 1.54) is 6.20 Å². The molecule has 3 rings (SSSR count). The molecule has 118 valence electrons. The first-order valence-electron chi connectivity index (χ1n) is 6.42. The number of nitrogens with zero attached hydrogens (tertiary/aromatic N) is 4. The summed E-state index contributed by atoms with van der Waals surface area (Å²) in [7, 11) is 0. The van der Waals surface area contributed by atoms with Gasteiger partial charge in [0.1, 0.15) is 0 Å². The van der Waals surface area contributed by atoms with E-state index < -0.39 is 0 Å². The Kier molecular flexibility index (Phi) is 3.93. The Bertz CT molecular complexity index is 911. The van der Waals surface area contributed by atoms with Gasteiger partial charge in [0.25, 0.3) is 0 Å². The fourth-order valence-electron chi connectivity index (χ4n) is 1.99. The van der Waals surface area contributed by atoms with Crippen molar-refractivity contribution >= 4 is 34.7 Å². The van der Waals surface area contributed by atoms with Gasteiger partial charge in [0.2, 0.25) is 11.4 Å². The van der Waals surface area contributed by atoms with Crippen molar-refractivity contribution in [2.45, 2.75) is 6.54 Å². The molecule has 0 aliphatic carbocycles. The number of nitrogen functional groups attached to an aromatic ring is 1. The lowest BCUT2D eigenvalue weighted by atomic mass is 10.3. The summed E-state index contributed by atoms with van der Waals surface area (Å²) in [5, 5.41) is 21.4. The third-order valence-electron chi connectivity index (χ3n) is 3.03. The van der Waals surface area contributed by atoms with Crippen molar-refractivity contribution in [3.63, 3.8) is 0 Å². The van der Waals surface area contributed by atoms with E-state index in [-0.39, 0.29) is 23.0 Å². The van der Waals surface area contributed by atoms with Crippen molar-refractivity contribution in [3.05, 3.63) is 45.8 Å². The molecule has 2 heterocycles. The minimum absolute atomic E-state index is 0.0270. The van der Waals surface area contributed by atoms with Gasteiger partial charge in [-0.15, -0.1) is 0 Å². The first-order valence-corrected chi connectivity index (χ1v) is 7.18. The lowest BCUT2D eigenvalue weighted by molar-refractivity contribution is 0.184. The summed E-state index contributed by atoms with van der Waals surface area (Å²) >= 11 is 11.8. The smallest absolute Gasteiger partial charge is 0.246 e. The van der Waals surface area contributed by atoms with Crippen molar-refractivity contribution in [1.82, 2.24) is 19.7 Å². The molecule has 1 aromatic rings. The zero-order chi connectivity index (χ0) is 16.6. The second kappa shape index (κ2) is 5.90. The topological polar surface area (TPSA) is 126 Å². The summed E-state index contributed by atoms with van der Waals surface area (Å²) in [5.74, 6) is 0.0972. The van der Waals surface area contributed by atoms with Gasteiger partial charge < -0.3 is 16.3 Å². The maximum atomic E-state index is 9.96. The van der Waals surface area contributed by atoms with Crippen LogP contribution in [0.5, 0.6) is 0 Å². The molecule has 0 radical (unpaired) electrons. The van der Waals surface area contributed by atoms with E-state index in [2.05, 4.69) is 20.3 Å². The van der Waals surface area contributed by atoms with Crippen molar-refractivity contribution < 1.29 is 5.21 Å². The van der Waals surface area contributed by atoms with Crippen LogP contribution >= 0.6 is 23.2 Å². The normalized spacial score (nSPS) is 10.9. The number of nitrogens with two attached hydrogens (primary N) is 1. The number of fused-ring (bicyclic) bond motifs is 1. The molecule has 0 fully saturated rings. The minimum Gasteiger partial charge on any atom is -0.427 e. The van der Waals surface area contributed by atoms with Crippen molar-refractivity contribution in [2.75, 3.05) is 11.1 Å². The number of anilines is 2. The van der Waals surface area contributed by atoms with Crippen LogP contribution in [0, 0.1) is 5.41 Å². The Labute approximate surface area is 140 Å². The molecule has 0 spiro atoms. The minimum atomic E-state index is -0.290. The molecule has 0 unspecified atom stereocenters. The summed E-state index contributed by atoms with van der Waals surface area (Å²) < 4.78 is 0.768. The van der Waals surface area contributed by atoms with Crippen LogP contribution in [-0.2, 0) is 6.54 Å². The highest BCUT2D eigenvalue weighted by Crippen LogP contribution is 2.25. The molecule has 2 aliphatic rings. The van der Waals surface area contributed by atoms with Gasteiger partial charge in [-0.2, -0.15) is 14.7 Å². The average Bonchev–Trinajstić information content (AvgIpc) is 2.49. The van der Waals surface area contributed by atoms with Gasteiger partial charge in [-0.3, -0.25) is 5.41 Å². The van der Waals surface area contributed by atoms with E-state index >= 15 is 0 Å². The highest BCUT2D eigenvalue weighted by molar-refractivity contribution is 6.42. The Balaban J connectivity index is 1.90. The van der Waals surface area contributed by atoms with Crippen molar-refractivity contribution in [3.8, 4) is 11.5 Å². The standard InChI is InChI=1S/C13H11Cl2N7O/c14-8-2-1-6(3-9(8)15)18-4-7-5-22(23)12-10(19-7)11(16)20-13(17)21-12/h1-3,5,18,23H,4H2,(H3,16,17,20). The van der Waals surface area contributed by atoms with E-state index in [1.807, 2.05) is 0 Å². The van der Waals surface area contributed by atoms with Crippen LogP contribution in [0.2, 0.25) is 10.0 Å². The third kappa shape index (κ3) is 3.13. The van der Waals surface area contributed by atoms with Gasteiger partial charge in [0, 0.05) is 5.69 Å². The molecule has 1 aromatic carbocycles. The number of benzene rings is 1. The summed E-state index contributed by atoms with van der Waals surface area (Å²) in [6, 6.07) is 5.13. The maximum absolute atomic E-state index is 9.96. The monoisotopic (exact) mass is 351 g/mol. The summed E-state index contributed by atoms with van der Waals surface area (Å²) in [6.45, 7) is 0.302. The first kappa shape index (κ1) is 15.3. The molecule has 10 heteroatoms. The number of nitrogens with one attached hydrogen (secondary N) is 2. The quantitative estimate of drug-likeness (QED) is 0.534. The number of hydrogen-bond donors (Lipinski definition) is 4. The Morgan fingerprint density at radius 2 is 2.00 bits per heavy atom. The Morgan fingerprint density at radius 3 is 2.74 bits per heavy atom. The van der Waals surface area contributed by atoms with Crippen molar-refractivity contribution in [2.24, 2.45) is 0 Å².